The van der Waals surface area contributed by atoms with Crippen LogP contribution in [0.1, 0.15) is 21.5 Å². The molecule has 0 aliphatic carbocycles. The van der Waals surface area contributed by atoms with E-state index in [0.29, 0.717) is 11.1 Å². The van der Waals surface area contributed by atoms with Gasteiger partial charge < -0.3 is 9.47 Å². The van der Waals surface area contributed by atoms with E-state index in [9.17, 15) is 4.79 Å². The van der Waals surface area contributed by atoms with Crippen LogP contribution in [0.4, 0.5) is 0 Å². The van der Waals surface area contributed by atoms with E-state index in [4.69, 9.17) is 9.47 Å². The number of ketones is 1. The van der Waals surface area contributed by atoms with Crippen molar-refractivity contribution in [1.29, 1.82) is 0 Å². The van der Waals surface area contributed by atoms with E-state index in [1.807, 2.05) is 19.1 Å². The summed E-state index contributed by atoms with van der Waals surface area (Å²) in [4.78, 5) is 12.3. The Labute approximate surface area is 112 Å². The molecule has 2 aromatic carbocycles. The molecule has 0 saturated heterocycles. The summed E-state index contributed by atoms with van der Waals surface area (Å²) < 4.78 is 10.3. The Kier molecular flexibility index (Phi) is 3.85. The number of methoxy groups -OCH3 is 2. The second-order valence-electron chi connectivity index (χ2n) is 4.24. The summed E-state index contributed by atoms with van der Waals surface area (Å²) in [7, 11) is 3.22. The van der Waals surface area contributed by atoms with Crippen molar-refractivity contribution in [2.75, 3.05) is 14.2 Å². The zero-order chi connectivity index (χ0) is 13.8. The lowest BCUT2D eigenvalue weighted by atomic mass is 10.0. The van der Waals surface area contributed by atoms with E-state index < -0.39 is 0 Å². The highest BCUT2D eigenvalue weighted by Crippen LogP contribution is 2.21. The van der Waals surface area contributed by atoms with Crippen LogP contribution >= 0.6 is 0 Å². The number of ether oxygens (including phenoxy) is 2. The Morgan fingerprint density at radius 3 is 2.05 bits per heavy atom. The minimum Gasteiger partial charge on any atom is -0.497 e. The number of benzene rings is 2. The van der Waals surface area contributed by atoms with Crippen molar-refractivity contribution in [3.05, 3.63) is 59.2 Å². The lowest BCUT2D eigenvalue weighted by Crippen LogP contribution is -2.02. The van der Waals surface area contributed by atoms with Crippen molar-refractivity contribution >= 4 is 5.78 Å². The van der Waals surface area contributed by atoms with Gasteiger partial charge in [-0.25, -0.2) is 0 Å². The first-order valence-corrected chi connectivity index (χ1v) is 5.99. The predicted molar refractivity (Wildman–Crippen MR) is 74.2 cm³/mol. The maximum absolute atomic E-state index is 12.3. The lowest BCUT2D eigenvalue weighted by molar-refractivity contribution is 0.103. The molecule has 98 valence electrons. The Morgan fingerprint density at radius 2 is 1.53 bits per heavy atom. The first-order valence-electron chi connectivity index (χ1n) is 5.99. The molecule has 0 amide bonds. The highest BCUT2D eigenvalue weighted by atomic mass is 16.5. The van der Waals surface area contributed by atoms with Gasteiger partial charge in [0.05, 0.1) is 14.2 Å². The first kappa shape index (κ1) is 13.1. The van der Waals surface area contributed by atoms with Crippen LogP contribution in [0.25, 0.3) is 0 Å². The van der Waals surface area contributed by atoms with Crippen molar-refractivity contribution in [2.45, 2.75) is 6.92 Å². The fraction of sp³-hybridized carbons (Fsp3) is 0.188. The zero-order valence-electron chi connectivity index (χ0n) is 11.3. The highest BCUT2D eigenvalue weighted by molar-refractivity contribution is 6.09. The molecule has 2 rings (SSSR count). The van der Waals surface area contributed by atoms with Crippen LogP contribution in [0.15, 0.2) is 42.5 Å². The van der Waals surface area contributed by atoms with E-state index in [2.05, 4.69) is 0 Å². The van der Waals surface area contributed by atoms with Crippen LogP contribution in [0.5, 0.6) is 11.5 Å². The summed E-state index contributed by atoms with van der Waals surface area (Å²) in [5.74, 6) is 1.52. The van der Waals surface area contributed by atoms with Crippen molar-refractivity contribution in [2.24, 2.45) is 0 Å². The summed E-state index contributed by atoms with van der Waals surface area (Å²) in [6, 6.07) is 12.5. The van der Waals surface area contributed by atoms with Crippen molar-refractivity contribution in [3.8, 4) is 11.5 Å². The molecule has 0 unspecified atom stereocenters. The molecule has 0 fully saturated rings. The van der Waals surface area contributed by atoms with Gasteiger partial charge in [0.25, 0.3) is 0 Å². The third-order valence-corrected chi connectivity index (χ3v) is 3.01. The van der Waals surface area contributed by atoms with E-state index in [-0.39, 0.29) is 5.78 Å². The van der Waals surface area contributed by atoms with Crippen LogP contribution in [0, 0.1) is 6.92 Å². The van der Waals surface area contributed by atoms with Gasteiger partial charge in [0.1, 0.15) is 11.5 Å². The molecular weight excluding hydrogens is 240 g/mol. The summed E-state index contributed by atoms with van der Waals surface area (Å²) in [6.45, 7) is 1.92. The Hall–Kier alpha value is -2.29. The second kappa shape index (κ2) is 5.57. The van der Waals surface area contributed by atoms with E-state index in [0.717, 1.165) is 17.1 Å². The summed E-state index contributed by atoms with van der Waals surface area (Å²) in [6.07, 6.45) is 0. The van der Waals surface area contributed by atoms with Crippen LogP contribution < -0.4 is 9.47 Å². The maximum Gasteiger partial charge on any atom is 0.193 e. The predicted octanol–water partition coefficient (Wildman–Crippen LogP) is 3.24. The molecule has 0 aliphatic rings. The zero-order valence-corrected chi connectivity index (χ0v) is 11.3. The SMILES string of the molecule is COc1ccc(C(=O)c2ccc(OC)c(C)c2)cc1. The van der Waals surface area contributed by atoms with Crippen molar-refractivity contribution in [1.82, 2.24) is 0 Å². The third-order valence-electron chi connectivity index (χ3n) is 3.01. The molecule has 19 heavy (non-hydrogen) atoms. The van der Waals surface area contributed by atoms with Crippen LogP contribution in [0.2, 0.25) is 0 Å². The fourth-order valence-corrected chi connectivity index (χ4v) is 1.93. The topological polar surface area (TPSA) is 35.5 Å². The molecular formula is C16H16O3. The lowest BCUT2D eigenvalue weighted by Gasteiger charge is -2.07. The molecule has 0 aliphatic heterocycles. The molecule has 0 N–H and O–H groups in total. The first-order chi connectivity index (χ1) is 9.15. The number of carbonyl (C=O) groups excluding carboxylic acids is 1. The molecule has 0 atom stereocenters. The highest BCUT2D eigenvalue weighted by Gasteiger charge is 2.10. The molecule has 0 spiro atoms. The Balaban J connectivity index is 2.30. The maximum atomic E-state index is 12.3. The molecule has 0 radical (unpaired) electrons. The van der Waals surface area contributed by atoms with Crippen LogP contribution in [0.3, 0.4) is 0 Å². The van der Waals surface area contributed by atoms with Gasteiger partial charge in [0, 0.05) is 11.1 Å². The monoisotopic (exact) mass is 256 g/mol. The fourth-order valence-electron chi connectivity index (χ4n) is 1.93. The van der Waals surface area contributed by atoms with Crippen LogP contribution in [-0.2, 0) is 0 Å². The summed E-state index contributed by atoms with van der Waals surface area (Å²) >= 11 is 0. The van der Waals surface area contributed by atoms with Gasteiger partial charge in [-0.3, -0.25) is 4.79 Å². The van der Waals surface area contributed by atoms with E-state index >= 15 is 0 Å². The molecule has 3 heteroatoms. The molecule has 2 aromatic rings. The number of carbonyl (C=O) groups is 1. The molecule has 0 saturated carbocycles. The average Bonchev–Trinajstić information content (AvgIpc) is 2.46. The van der Waals surface area contributed by atoms with Gasteiger partial charge in [-0.1, -0.05) is 0 Å². The van der Waals surface area contributed by atoms with Crippen molar-refractivity contribution < 1.29 is 14.3 Å². The second-order valence-corrected chi connectivity index (χ2v) is 4.24. The Bertz CT molecular complexity index is 585. The third kappa shape index (κ3) is 2.76. The number of rotatable bonds is 4. The minimum atomic E-state index is -0.00611. The number of hydrogen-bond acceptors (Lipinski definition) is 3. The quantitative estimate of drug-likeness (QED) is 0.788. The minimum absolute atomic E-state index is 0.00611. The van der Waals surface area contributed by atoms with Gasteiger partial charge in [-0.2, -0.15) is 0 Å². The summed E-state index contributed by atoms with van der Waals surface area (Å²) in [5, 5.41) is 0. The normalized spacial score (nSPS) is 10.1. The number of aryl methyl sites for hydroxylation is 1. The molecule has 0 bridgehead atoms. The van der Waals surface area contributed by atoms with Gasteiger partial charge in [-0.05, 0) is 55.0 Å². The summed E-state index contributed by atoms with van der Waals surface area (Å²) in [5.41, 5.74) is 2.25. The molecule has 3 nitrogen and oxygen atoms in total. The average molecular weight is 256 g/mol. The number of hydrogen-bond donors (Lipinski definition) is 0. The van der Waals surface area contributed by atoms with Gasteiger partial charge in [0.15, 0.2) is 5.78 Å². The van der Waals surface area contributed by atoms with Gasteiger partial charge >= 0.3 is 0 Å². The molecule has 0 heterocycles. The van der Waals surface area contributed by atoms with Crippen LogP contribution in [-0.4, -0.2) is 20.0 Å². The smallest absolute Gasteiger partial charge is 0.193 e. The Morgan fingerprint density at radius 1 is 0.895 bits per heavy atom. The van der Waals surface area contributed by atoms with Gasteiger partial charge in [-0.15, -0.1) is 0 Å². The standard InChI is InChI=1S/C16H16O3/c1-11-10-13(6-9-15(11)19-3)16(17)12-4-7-14(18-2)8-5-12/h4-10H,1-3H3. The van der Waals surface area contributed by atoms with Crippen molar-refractivity contribution in [3.63, 3.8) is 0 Å². The largest absolute Gasteiger partial charge is 0.497 e. The van der Waals surface area contributed by atoms with E-state index in [1.54, 1.807) is 44.6 Å². The van der Waals surface area contributed by atoms with Gasteiger partial charge in [0.2, 0.25) is 0 Å². The molecule has 0 aromatic heterocycles. The van der Waals surface area contributed by atoms with E-state index in [1.165, 1.54) is 0 Å².